The van der Waals surface area contributed by atoms with Gasteiger partial charge >= 0.3 is 5.97 Å². The van der Waals surface area contributed by atoms with E-state index in [1.165, 1.54) is 14.2 Å². The fourth-order valence-corrected chi connectivity index (χ4v) is 3.05. The molecule has 0 aromatic heterocycles. The number of amides is 1. The van der Waals surface area contributed by atoms with Crippen LogP contribution in [0, 0.1) is 0 Å². The first kappa shape index (κ1) is 21.8. The van der Waals surface area contributed by atoms with Gasteiger partial charge in [-0.25, -0.2) is 4.79 Å². The lowest BCUT2D eigenvalue weighted by atomic mass is 9.86. The average molecular weight is 404 g/mol. The first-order chi connectivity index (χ1) is 13.2. The average Bonchev–Trinajstić information content (AvgIpc) is 2.66. The normalized spacial score (nSPS) is 12.2. The maximum atomic E-state index is 12.6. The molecule has 0 saturated carbocycles. The molecular weight excluding hydrogens is 378 g/mol. The van der Waals surface area contributed by atoms with Gasteiger partial charge in [0.15, 0.2) is 0 Å². The summed E-state index contributed by atoms with van der Waals surface area (Å²) in [5.41, 5.74) is 2.39. The van der Waals surface area contributed by atoms with E-state index >= 15 is 0 Å². The predicted molar refractivity (Wildman–Crippen MR) is 110 cm³/mol. The van der Waals surface area contributed by atoms with E-state index in [0.29, 0.717) is 16.3 Å². The Morgan fingerprint density at radius 3 is 2.21 bits per heavy atom. The van der Waals surface area contributed by atoms with Gasteiger partial charge in [0.25, 0.3) is 5.91 Å². The molecule has 1 amide bonds. The van der Waals surface area contributed by atoms with E-state index in [2.05, 4.69) is 26.1 Å². The molecule has 0 saturated heterocycles. The van der Waals surface area contributed by atoms with Gasteiger partial charge in [-0.05, 0) is 40.8 Å². The summed E-state index contributed by atoms with van der Waals surface area (Å²) in [6.45, 7) is 6.32. The number of esters is 1. The van der Waals surface area contributed by atoms with Crippen molar-refractivity contribution < 1.29 is 19.1 Å². The van der Waals surface area contributed by atoms with Crippen LogP contribution >= 0.6 is 11.6 Å². The molecule has 2 aromatic carbocycles. The lowest BCUT2D eigenvalue weighted by Crippen LogP contribution is -2.43. The molecule has 0 fully saturated rings. The van der Waals surface area contributed by atoms with E-state index in [0.717, 1.165) is 11.1 Å². The number of halogens is 1. The molecule has 6 heteroatoms. The molecule has 1 N–H and O–H groups in total. The molecule has 0 heterocycles. The quantitative estimate of drug-likeness (QED) is 0.735. The van der Waals surface area contributed by atoms with Crippen LogP contribution in [-0.4, -0.2) is 32.1 Å². The number of rotatable bonds is 6. The molecule has 0 radical (unpaired) electrons. The minimum atomic E-state index is -0.829. The Kier molecular flexibility index (Phi) is 7.08. The zero-order valence-corrected chi connectivity index (χ0v) is 17.6. The van der Waals surface area contributed by atoms with Crippen molar-refractivity contribution in [2.24, 2.45) is 0 Å². The van der Waals surface area contributed by atoms with Crippen LogP contribution in [0.3, 0.4) is 0 Å². The highest BCUT2D eigenvalue weighted by Gasteiger charge is 2.23. The second-order valence-electron chi connectivity index (χ2n) is 7.55. The summed E-state index contributed by atoms with van der Waals surface area (Å²) in [4.78, 5) is 24.8. The minimum absolute atomic E-state index is 0.00279. The molecule has 28 heavy (non-hydrogen) atoms. The predicted octanol–water partition coefficient (Wildman–Crippen LogP) is 4.16. The van der Waals surface area contributed by atoms with E-state index < -0.39 is 12.0 Å². The largest absolute Gasteiger partial charge is 0.495 e. The molecular formula is C22H26ClNO4. The van der Waals surface area contributed by atoms with E-state index in [-0.39, 0.29) is 17.7 Å². The van der Waals surface area contributed by atoms with Crippen LogP contribution in [0.4, 0.5) is 0 Å². The standard InChI is InChI=1S/C22H26ClNO4/c1-22(2,3)16-9-7-15(8-10-16)20(25)24-18(21(26)28-5)13-14-6-11-19(27-4)17(23)12-14/h6-12,18H,13H2,1-5H3,(H,24,25)/t18-/m1/s1. The van der Waals surface area contributed by atoms with Crippen molar-refractivity contribution in [1.82, 2.24) is 5.32 Å². The number of carbonyl (C=O) groups is 2. The van der Waals surface area contributed by atoms with Crippen LogP contribution in [0.1, 0.15) is 42.3 Å². The zero-order valence-electron chi connectivity index (χ0n) is 16.8. The lowest BCUT2D eigenvalue weighted by molar-refractivity contribution is -0.142. The van der Waals surface area contributed by atoms with Crippen molar-refractivity contribution >= 4 is 23.5 Å². The molecule has 150 valence electrons. The summed E-state index contributed by atoms with van der Waals surface area (Å²) in [5.74, 6) is -0.315. The van der Waals surface area contributed by atoms with Crippen molar-refractivity contribution in [2.45, 2.75) is 38.6 Å². The van der Waals surface area contributed by atoms with Gasteiger partial charge < -0.3 is 14.8 Å². The highest BCUT2D eigenvalue weighted by Crippen LogP contribution is 2.26. The Bertz CT molecular complexity index is 841. The maximum absolute atomic E-state index is 12.6. The molecule has 0 aliphatic heterocycles. The highest BCUT2D eigenvalue weighted by molar-refractivity contribution is 6.32. The first-order valence-electron chi connectivity index (χ1n) is 8.97. The van der Waals surface area contributed by atoms with Crippen molar-refractivity contribution in [3.05, 3.63) is 64.2 Å². The zero-order chi connectivity index (χ0) is 20.9. The third-order valence-electron chi connectivity index (χ3n) is 4.46. The van der Waals surface area contributed by atoms with Crippen molar-refractivity contribution in [3.8, 4) is 5.75 Å². The van der Waals surface area contributed by atoms with E-state index in [1.54, 1.807) is 30.3 Å². The summed E-state index contributed by atoms with van der Waals surface area (Å²) in [6, 6.07) is 11.8. The maximum Gasteiger partial charge on any atom is 0.328 e. The molecule has 1 atom stereocenters. The van der Waals surface area contributed by atoms with Crippen LogP contribution in [0.5, 0.6) is 5.75 Å². The van der Waals surface area contributed by atoms with Crippen molar-refractivity contribution in [1.29, 1.82) is 0 Å². The third kappa shape index (κ3) is 5.49. The number of methoxy groups -OCH3 is 2. The van der Waals surface area contributed by atoms with Gasteiger partial charge in [-0.1, -0.05) is 50.6 Å². The number of ether oxygens (including phenoxy) is 2. The smallest absolute Gasteiger partial charge is 0.328 e. The second-order valence-corrected chi connectivity index (χ2v) is 7.96. The van der Waals surface area contributed by atoms with Crippen LogP contribution in [0.25, 0.3) is 0 Å². The molecule has 0 aliphatic rings. The Morgan fingerprint density at radius 2 is 1.71 bits per heavy atom. The topological polar surface area (TPSA) is 64.6 Å². The van der Waals surface area contributed by atoms with Crippen LogP contribution in [-0.2, 0) is 21.4 Å². The Labute approximate surface area is 171 Å². The van der Waals surface area contributed by atoms with Crippen LogP contribution < -0.4 is 10.1 Å². The van der Waals surface area contributed by atoms with Gasteiger partial charge in [-0.3, -0.25) is 4.79 Å². The van der Waals surface area contributed by atoms with Crippen LogP contribution in [0.15, 0.2) is 42.5 Å². The first-order valence-corrected chi connectivity index (χ1v) is 9.35. The fraction of sp³-hybridized carbons (Fsp3) is 0.364. The van der Waals surface area contributed by atoms with Gasteiger partial charge in [0.2, 0.25) is 0 Å². The number of nitrogens with one attached hydrogen (secondary N) is 1. The van der Waals surface area contributed by atoms with Crippen LogP contribution in [0.2, 0.25) is 5.02 Å². The molecule has 0 unspecified atom stereocenters. The molecule has 0 spiro atoms. The number of benzene rings is 2. The molecule has 0 aliphatic carbocycles. The van der Waals surface area contributed by atoms with Gasteiger partial charge in [-0.15, -0.1) is 0 Å². The summed E-state index contributed by atoms with van der Waals surface area (Å²) in [5, 5.41) is 3.19. The molecule has 5 nitrogen and oxygen atoms in total. The third-order valence-corrected chi connectivity index (χ3v) is 4.76. The second kappa shape index (κ2) is 9.11. The van der Waals surface area contributed by atoms with Crippen molar-refractivity contribution in [3.63, 3.8) is 0 Å². The Hall–Kier alpha value is -2.53. The van der Waals surface area contributed by atoms with Gasteiger partial charge in [0, 0.05) is 12.0 Å². The van der Waals surface area contributed by atoms with Gasteiger partial charge in [-0.2, -0.15) is 0 Å². The summed E-state index contributed by atoms with van der Waals surface area (Å²) < 4.78 is 9.99. The highest BCUT2D eigenvalue weighted by atomic mass is 35.5. The number of hydrogen-bond donors (Lipinski definition) is 1. The van der Waals surface area contributed by atoms with E-state index in [1.807, 2.05) is 12.1 Å². The molecule has 2 aromatic rings. The molecule has 2 rings (SSSR count). The summed E-state index contributed by atoms with van der Waals surface area (Å²) >= 11 is 6.15. The van der Waals surface area contributed by atoms with E-state index in [4.69, 9.17) is 21.1 Å². The fourth-order valence-electron chi connectivity index (χ4n) is 2.77. The van der Waals surface area contributed by atoms with Crippen molar-refractivity contribution in [2.75, 3.05) is 14.2 Å². The SMILES string of the molecule is COC(=O)[C@@H](Cc1ccc(OC)c(Cl)c1)NC(=O)c1ccc(C(C)(C)C)cc1. The Morgan fingerprint density at radius 1 is 1.07 bits per heavy atom. The number of carbonyl (C=O) groups excluding carboxylic acids is 2. The summed E-state index contributed by atoms with van der Waals surface area (Å²) in [6.07, 6.45) is 0.252. The molecule has 0 bridgehead atoms. The van der Waals surface area contributed by atoms with Gasteiger partial charge in [0.1, 0.15) is 11.8 Å². The Balaban J connectivity index is 2.16. The summed E-state index contributed by atoms with van der Waals surface area (Å²) in [7, 11) is 2.82. The minimum Gasteiger partial charge on any atom is -0.495 e. The lowest BCUT2D eigenvalue weighted by Gasteiger charge is -2.20. The van der Waals surface area contributed by atoms with E-state index in [9.17, 15) is 9.59 Å². The number of hydrogen-bond acceptors (Lipinski definition) is 4. The monoisotopic (exact) mass is 403 g/mol. The van der Waals surface area contributed by atoms with Gasteiger partial charge in [0.05, 0.1) is 19.2 Å².